The molecule has 1 saturated carbocycles. The van der Waals surface area contributed by atoms with Gasteiger partial charge in [-0.05, 0) is 42.3 Å². The fourth-order valence-corrected chi connectivity index (χ4v) is 2.63. The highest BCUT2D eigenvalue weighted by atomic mass is 35.5. The number of anilines is 1. The summed E-state index contributed by atoms with van der Waals surface area (Å²) in [5.74, 6) is 0.894. The topological polar surface area (TPSA) is 37.8 Å². The Morgan fingerprint density at radius 1 is 1.47 bits per heavy atom. The molecule has 3 rings (SSSR count). The summed E-state index contributed by atoms with van der Waals surface area (Å²) in [6.07, 6.45) is 2.46. The highest BCUT2D eigenvalue weighted by Crippen LogP contribution is 2.33. The molecule has 78 valence electrons. The van der Waals surface area contributed by atoms with Crippen molar-refractivity contribution in [3.63, 3.8) is 0 Å². The minimum absolute atomic E-state index is 0.326. The Hall–Kier alpha value is -0.870. The molecular formula is C10H10ClN3S. The maximum absolute atomic E-state index is 5.90. The Kier molecular flexibility index (Phi) is 2.07. The Balaban J connectivity index is 2.16. The molecule has 0 atom stereocenters. The van der Waals surface area contributed by atoms with Crippen LogP contribution in [0.2, 0.25) is 5.28 Å². The second kappa shape index (κ2) is 3.32. The summed E-state index contributed by atoms with van der Waals surface area (Å²) in [7, 11) is 0. The van der Waals surface area contributed by atoms with Gasteiger partial charge in [0.2, 0.25) is 5.28 Å². The molecule has 0 aliphatic heterocycles. The first-order chi connectivity index (χ1) is 7.24. The van der Waals surface area contributed by atoms with Gasteiger partial charge in [-0.3, -0.25) is 0 Å². The van der Waals surface area contributed by atoms with Crippen molar-refractivity contribution < 1.29 is 0 Å². The zero-order valence-electron chi connectivity index (χ0n) is 8.25. The number of nitrogens with zero attached hydrogens (tertiary/aromatic N) is 2. The van der Waals surface area contributed by atoms with Crippen LogP contribution in [-0.2, 0) is 0 Å². The molecular weight excluding hydrogens is 230 g/mol. The number of hydrogen-bond donors (Lipinski definition) is 1. The van der Waals surface area contributed by atoms with Crippen LogP contribution >= 0.6 is 22.9 Å². The van der Waals surface area contributed by atoms with E-state index < -0.39 is 0 Å². The van der Waals surface area contributed by atoms with E-state index in [0.717, 1.165) is 21.6 Å². The first kappa shape index (κ1) is 9.36. The molecule has 0 bridgehead atoms. The monoisotopic (exact) mass is 239 g/mol. The Labute approximate surface area is 96.5 Å². The average molecular weight is 240 g/mol. The molecule has 0 radical (unpaired) electrons. The smallest absolute Gasteiger partial charge is 0.224 e. The lowest BCUT2D eigenvalue weighted by Gasteiger charge is -2.04. The van der Waals surface area contributed by atoms with E-state index in [-0.39, 0.29) is 0 Å². The van der Waals surface area contributed by atoms with Crippen molar-refractivity contribution in [1.29, 1.82) is 0 Å². The lowest BCUT2D eigenvalue weighted by atomic mass is 10.3. The molecule has 2 aromatic rings. The van der Waals surface area contributed by atoms with Gasteiger partial charge in [-0.2, -0.15) is 4.98 Å². The van der Waals surface area contributed by atoms with E-state index in [0.29, 0.717) is 11.3 Å². The third-order valence-corrected chi connectivity index (χ3v) is 3.75. The van der Waals surface area contributed by atoms with Gasteiger partial charge in [0.15, 0.2) is 0 Å². The highest BCUT2D eigenvalue weighted by Gasteiger charge is 2.23. The van der Waals surface area contributed by atoms with Gasteiger partial charge in [0, 0.05) is 6.04 Å². The third-order valence-electron chi connectivity index (χ3n) is 2.48. The minimum atomic E-state index is 0.326. The lowest BCUT2D eigenvalue weighted by Crippen LogP contribution is -2.03. The van der Waals surface area contributed by atoms with Gasteiger partial charge in [-0.25, -0.2) is 4.98 Å². The van der Waals surface area contributed by atoms with Crippen LogP contribution in [0.25, 0.3) is 10.2 Å². The number of nitrogens with one attached hydrogen (secondary N) is 1. The third kappa shape index (κ3) is 1.68. The normalized spacial score (nSPS) is 15.9. The minimum Gasteiger partial charge on any atom is -0.366 e. The zero-order chi connectivity index (χ0) is 10.4. The van der Waals surface area contributed by atoms with Crippen LogP contribution < -0.4 is 5.32 Å². The molecule has 1 aliphatic carbocycles. The molecule has 0 amide bonds. The number of aryl methyl sites for hydroxylation is 1. The molecule has 0 saturated heterocycles. The molecule has 1 N–H and O–H groups in total. The van der Waals surface area contributed by atoms with Crippen molar-refractivity contribution in [2.45, 2.75) is 25.8 Å². The van der Waals surface area contributed by atoms with Gasteiger partial charge in [-0.1, -0.05) is 0 Å². The van der Waals surface area contributed by atoms with Crippen molar-refractivity contribution in [2.75, 3.05) is 5.32 Å². The summed E-state index contributed by atoms with van der Waals surface area (Å²) < 4.78 is 1.11. The van der Waals surface area contributed by atoms with Gasteiger partial charge in [0.25, 0.3) is 0 Å². The van der Waals surface area contributed by atoms with Crippen molar-refractivity contribution in [2.24, 2.45) is 0 Å². The largest absolute Gasteiger partial charge is 0.366 e. The Morgan fingerprint density at radius 2 is 2.27 bits per heavy atom. The Morgan fingerprint density at radius 3 is 3.00 bits per heavy atom. The van der Waals surface area contributed by atoms with Crippen LogP contribution in [0.5, 0.6) is 0 Å². The van der Waals surface area contributed by atoms with Crippen LogP contribution in [-0.4, -0.2) is 16.0 Å². The lowest BCUT2D eigenvalue weighted by molar-refractivity contribution is 1.11. The van der Waals surface area contributed by atoms with Crippen LogP contribution in [0, 0.1) is 6.92 Å². The number of fused-ring (bicyclic) bond motifs is 1. The predicted molar refractivity (Wildman–Crippen MR) is 63.8 cm³/mol. The van der Waals surface area contributed by atoms with Crippen LogP contribution in [0.4, 0.5) is 5.82 Å². The predicted octanol–water partition coefficient (Wildman–Crippen LogP) is 3.23. The quantitative estimate of drug-likeness (QED) is 0.818. The fourth-order valence-electron chi connectivity index (χ4n) is 1.52. The molecule has 5 heteroatoms. The zero-order valence-corrected chi connectivity index (χ0v) is 9.82. The first-order valence-corrected chi connectivity index (χ1v) is 6.17. The van der Waals surface area contributed by atoms with Crippen molar-refractivity contribution >= 4 is 39.0 Å². The molecule has 15 heavy (non-hydrogen) atoms. The van der Waals surface area contributed by atoms with Crippen molar-refractivity contribution in [3.05, 3.63) is 16.2 Å². The highest BCUT2D eigenvalue weighted by molar-refractivity contribution is 7.18. The summed E-state index contributed by atoms with van der Waals surface area (Å²) in [5.41, 5.74) is 2.14. The summed E-state index contributed by atoms with van der Waals surface area (Å²) in [6, 6.07) is 0.585. The van der Waals surface area contributed by atoms with Gasteiger partial charge < -0.3 is 5.32 Å². The van der Waals surface area contributed by atoms with Crippen LogP contribution in [0.3, 0.4) is 0 Å². The maximum Gasteiger partial charge on any atom is 0.224 e. The van der Waals surface area contributed by atoms with E-state index >= 15 is 0 Å². The van der Waals surface area contributed by atoms with Gasteiger partial charge in [0.1, 0.15) is 5.82 Å². The van der Waals surface area contributed by atoms with E-state index in [4.69, 9.17) is 11.6 Å². The van der Waals surface area contributed by atoms with E-state index in [1.165, 1.54) is 12.8 Å². The molecule has 2 aromatic heterocycles. The van der Waals surface area contributed by atoms with Crippen molar-refractivity contribution in [1.82, 2.24) is 9.97 Å². The summed E-state index contributed by atoms with van der Waals surface area (Å²) in [5, 5.41) is 5.80. The van der Waals surface area contributed by atoms with Gasteiger partial charge >= 0.3 is 0 Å². The molecule has 0 spiro atoms. The molecule has 0 aromatic carbocycles. The molecule has 1 fully saturated rings. The van der Waals surface area contributed by atoms with E-state index in [9.17, 15) is 0 Å². The summed E-state index contributed by atoms with van der Waals surface area (Å²) in [6.45, 7) is 2.04. The first-order valence-electron chi connectivity index (χ1n) is 4.92. The van der Waals surface area contributed by atoms with E-state index in [2.05, 4.69) is 20.7 Å². The number of hydrogen-bond acceptors (Lipinski definition) is 4. The summed E-state index contributed by atoms with van der Waals surface area (Å²) in [4.78, 5) is 8.50. The number of rotatable bonds is 2. The van der Waals surface area contributed by atoms with Crippen LogP contribution in [0.1, 0.15) is 18.4 Å². The van der Waals surface area contributed by atoms with Gasteiger partial charge in [0.05, 0.1) is 10.2 Å². The van der Waals surface area contributed by atoms with Crippen LogP contribution in [0.15, 0.2) is 5.38 Å². The van der Waals surface area contributed by atoms with Crippen molar-refractivity contribution in [3.8, 4) is 0 Å². The molecule has 1 aliphatic rings. The standard InChI is InChI=1S/C10H10ClN3S/c1-5-4-15-8-7(5)13-10(11)14-9(8)12-6-2-3-6/h4,6H,2-3H2,1H3,(H,12,13,14). The van der Waals surface area contributed by atoms with Gasteiger partial charge in [-0.15, -0.1) is 11.3 Å². The number of aromatic nitrogens is 2. The Bertz CT molecular complexity index is 519. The fraction of sp³-hybridized carbons (Fsp3) is 0.400. The molecule has 0 unspecified atom stereocenters. The molecule has 3 nitrogen and oxygen atoms in total. The number of thiophene rings is 1. The summed E-state index contributed by atoms with van der Waals surface area (Å²) >= 11 is 7.57. The van der Waals surface area contributed by atoms with E-state index in [1.54, 1.807) is 11.3 Å². The SMILES string of the molecule is Cc1csc2c(NC3CC3)nc(Cl)nc12. The second-order valence-corrected chi connectivity index (χ2v) is 5.07. The average Bonchev–Trinajstić information content (AvgIpc) is 2.92. The van der Waals surface area contributed by atoms with E-state index in [1.807, 2.05) is 6.92 Å². The second-order valence-electron chi connectivity index (χ2n) is 3.86. The molecule has 2 heterocycles. The number of halogens is 1. The maximum atomic E-state index is 5.90.